The van der Waals surface area contributed by atoms with Gasteiger partial charge in [-0.1, -0.05) is 35.9 Å². The van der Waals surface area contributed by atoms with Crippen molar-refractivity contribution in [3.63, 3.8) is 0 Å². The van der Waals surface area contributed by atoms with Gasteiger partial charge in [0.25, 0.3) is 0 Å². The zero-order valence-electron chi connectivity index (χ0n) is 12.2. The Hall–Kier alpha value is -1.51. The Morgan fingerprint density at radius 3 is 2.62 bits per heavy atom. The maximum absolute atomic E-state index is 6.23. The van der Waals surface area contributed by atoms with Crippen LogP contribution >= 0.6 is 11.6 Å². The van der Waals surface area contributed by atoms with Crippen molar-refractivity contribution < 1.29 is 4.74 Å². The van der Waals surface area contributed by atoms with Crippen LogP contribution in [0.2, 0.25) is 5.02 Å². The van der Waals surface area contributed by atoms with Gasteiger partial charge in [-0.3, -0.25) is 0 Å². The molecule has 0 aliphatic heterocycles. The summed E-state index contributed by atoms with van der Waals surface area (Å²) in [6, 6.07) is 16.5. The van der Waals surface area contributed by atoms with Crippen LogP contribution < -0.4 is 10.1 Å². The van der Waals surface area contributed by atoms with E-state index in [-0.39, 0.29) is 12.1 Å². The van der Waals surface area contributed by atoms with Crippen LogP contribution in [0.4, 0.5) is 0 Å². The van der Waals surface area contributed by atoms with Gasteiger partial charge in [0.05, 0.1) is 6.04 Å². The molecule has 3 rings (SSSR count). The minimum atomic E-state index is 0.139. The van der Waals surface area contributed by atoms with Crippen LogP contribution in [0, 0.1) is 0 Å². The molecule has 1 aliphatic rings. The van der Waals surface area contributed by atoms with Crippen molar-refractivity contribution in [3.05, 3.63) is 64.7 Å². The summed E-state index contributed by atoms with van der Waals surface area (Å²) in [4.78, 5) is 0. The topological polar surface area (TPSA) is 21.3 Å². The van der Waals surface area contributed by atoms with Crippen LogP contribution in [-0.2, 0) is 6.42 Å². The molecular weight excluding hydrogens is 282 g/mol. The lowest BCUT2D eigenvalue weighted by Gasteiger charge is -2.27. The predicted molar refractivity (Wildman–Crippen MR) is 87.0 cm³/mol. The standard InChI is InChI=1S/C18H20ClNO/c1-20-18-16-7-3-2-5-13(16)6-4-8-17(18)21-15-11-9-14(19)10-12-15/h2-3,5,7,9-12,17-18,20H,4,6,8H2,1H3. The number of fused-ring (bicyclic) bond motifs is 1. The van der Waals surface area contributed by atoms with Crippen molar-refractivity contribution in [1.29, 1.82) is 0 Å². The van der Waals surface area contributed by atoms with E-state index in [0.717, 1.165) is 30.0 Å². The number of ether oxygens (including phenoxy) is 1. The van der Waals surface area contributed by atoms with E-state index < -0.39 is 0 Å². The molecule has 3 heteroatoms. The molecule has 0 heterocycles. The first-order valence-corrected chi connectivity index (χ1v) is 7.83. The summed E-state index contributed by atoms with van der Waals surface area (Å²) in [5.74, 6) is 0.879. The van der Waals surface area contributed by atoms with Crippen molar-refractivity contribution in [2.24, 2.45) is 0 Å². The number of hydrogen-bond donors (Lipinski definition) is 1. The first-order valence-electron chi connectivity index (χ1n) is 7.45. The van der Waals surface area contributed by atoms with Crippen LogP contribution in [0.3, 0.4) is 0 Å². The van der Waals surface area contributed by atoms with Gasteiger partial charge in [-0.15, -0.1) is 0 Å². The van der Waals surface area contributed by atoms with Crippen molar-refractivity contribution in [3.8, 4) is 5.75 Å². The number of halogens is 1. The van der Waals surface area contributed by atoms with Gasteiger partial charge in [0.15, 0.2) is 0 Å². The lowest BCUT2D eigenvalue weighted by molar-refractivity contribution is 0.148. The highest BCUT2D eigenvalue weighted by Gasteiger charge is 2.27. The molecule has 2 nitrogen and oxygen atoms in total. The van der Waals surface area contributed by atoms with Crippen LogP contribution in [0.5, 0.6) is 5.75 Å². The summed E-state index contributed by atoms with van der Waals surface area (Å²) in [5.41, 5.74) is 2.79. The van der Waals surface area contributed by atoms with Crippen LogP contribution in [0.25, 0.3) is 0 Å². The lowest BCUT2D eigenvalue weighted by atomic mass is 9.98. The third kappa shape index (κ3) is 3.22. The summed E-state index contributed by atoms with van der Waals surface area (Å²) in [5, 5.41) is 4.17. The monoisotopic (exact) mass is 301 g/mol. The molecule has 2 atom stereocenters. The number of benzene rings is 2. The van der Waals surface area contributed by atoms with Crippen molar-refractivity contribution in [2.75, 3.05) is 7.05 Å². The van der Waals surface area contributed by atoms with Gasteiger partial charge < -0.3 is 10.1 Å². The molecule has 0 radical (unpaired) electrons. The molecule has 2 unspecified atom stereocenters. The average Bonchev–Trinajstić information content (AvgIpc) is 2.68. The minimum Gasteiger partial charge on any atom is -0.488 e. The highest BCUT2D eigenvalue weighted by atomic mass is 35.5. The Morgan fingerprint density at radius 1 is 1.10 bits per heavy atom. The van der Waals surface area contributed by atoms with Crippen LogP contribution in [0.15, 0.2) is 48.5 Å². The highest BCUT2D eigenvalue weighted by molar-refractivity contribution is 6.30. The lowest BCUT2D eigenvalue weighted by Crippen LogP contribution is -2.33. The molecule has 21 heavy (non-hydrogen) atoms. The van der Waals surface area contributed by atoms with Gasteiger partial charge in [0.1, 0.15) is 11.9 Å². The molecule has 0 aromatic heterocycles. The Labute approximate surface area is 131 Å². The fourth-order valence-corrected chi connectivity index (χ4v) is 3.21. The normalized spacial score (nSPS) is 21.4. The third-order valence-corrected chi connectivity index (χ3v) is 4.36. The van der Waals surface area contributed by atoms with E-state index in [1.807, 2.05) is 31.3 Å². The Balaban J connectivity index is 1.86. The number of nitrogens with one attached hydrogen (secondary N) is 1. The molecule has 2 aromatic carbocycles. The fraction of sp³-hybridized carbons (Fsp3) is 0.333. The number of aryl methyl sites for hydroxylation is 1. The largest absolute Gasteiger partial charge is 0.488 e. The second-order valence-corrected chi connectivity index (χ2v) is 5.90. The summed E-state index contributed by atoms with van der Waals surface area (Å²) in [7, 11) is 2.00. The van der Waals surface area contributed by atoms with E-state index in [1.54, 1.807) is 0 Å². The van der Waals surface area contributed by atoms with Crippen molar-refractivity contribution in [2.45, 2.75) is 31.4 Å². The fourth-order valence-electron chi connectivity index (χ4n) is 3.08. The summed E-state index contributed by atoms with van der Waals surface area (Å²) >= 11 is 5.94. The average molecular weight is 302 g/mol. The van der Waals surface area contributed by atoms with E-state index in [1.165, 1.54) is 11.1 Å². The highest BCUT2D eigenvalue weighted by Crippen LogP contribution is 2.31. The third-order valence-electron chi connectivity index (χ3n) is 4.11. The maximum Gasteiger partial charge on any atom is 0.119 e. The van der Waals surface area contributed by atoms with Crippen LogP contribution in [-0.4, -0.2) is 13.2 Å². The second kappa shape index (κ2) is 6.50. The van der Waals surface area contributed by atoms with Gasteiger partial charge in [-0.25, -0.2) is 0 Å². The SMILES string of the molecule is CNC1c2ccccc2CCCC1Oc1ccc(Cl)cc1. The van der Waals surface area contributed by atoms with E-state index >= 15 is 0 Å². The molecule has 0 bridgehead atoms. The van der Waals surface area contributed by atoms with E-state index in [2.05, 4.69) is 29.6 Å². The van der Waals surface area contributed by atoms with E-state index in [9.17, 15) is 0 Å². The quantitative estimate of drug-likeness (QED) is 0.849. The van der Waals surface area contributed by atoms with Crippen molar-refractivity contribution in [1.82, 2.24) is 5.32 Å². The van der Waals surface area contributed by atoms with Gasteiger partial charge in [-0.05, 0) is 61.7 Å². The second-order valence-electron chi connectivity index (χ2n) is 5.47. The van der Waals surface area contributed by atoms with E-state index in [4.69, 9.17) is 16.3 Å². The predicted octanol–water partition coefficient (Wildman–Crippen LogP) is 4.38. The molecule has 110 valence electrons. The van der Waals surface area contributed by atoms with Gasteiger partial charge >= 0.3 is 0 Å². The zero-order chi connectivity index (χ0) is 14.7. The minimum absolute atomic E-state index is 0.139. The summed E-state index contributed by atoms with van der Waals surface area (Å²) in [6.45, 7) is 0. The Kier molecular flexibility index (Phi) is 4.47. The van der Waals surface area contributed by atoms with Crippen LogP contribution in [0.1, 0.15) is 30.0 Å². The number of likely N-dealkylation sites (N-methyl/N-ethyl adjacent to an activating group) is 1. The molecule has 1 N–H and O–H groups in total. The molecule has 0 saturated carbocycles. The molecule has 1 aliphatic carbocycles. The van der Waals surface area contributed by atoms with Gasteiger partial charge in [-0.2, -0.15) is 0 Å². The first-order chi connectivity index (χ1) is 10.3. The first kappa shape index (κ1) is 14.4. The molecule has 0 spiro atoms. The number of hydrogen-bond acceptors (Lipinski definition) is 2. The molecule has 0 fully saturated rings. The molecule has 0 amide bonds. The number of rotatable bonds is 3. The van der Waals surface area contributed by atoms with Crippen molar-refractivity contribution >= 4 is 11.6 Å². The zero-order valence-corrected chi connectivity index (χ0v) is 12.9. The summed E-state index contributed by atoms with van der Waals surface area (Å²) < 4.78 is 6.23. The molecule has 0 saturated heterocycles. The Bertz CT molecular complexity index is 596. The Morgan fingerprint density at radius 2 is 1.86 bits per heavy atom. The molecule has 2 aromatic rings. The smallest absolute Gasteiger partial charge is 0.119 e. The van der Waals surface area contributed by atoms with E-state index in [0.29, 0.717) is 0 Å². The maximum atomic E-state index is 6.23. The molecular formula is C18H20ClNO. The summed E-state index contributed by atoms with van der Waals surface area (Å²) in [6.07, 6.45) is 3.45. The van der Waals surface area contributed by atoms with Gasteiger partial charge in [0.2, 0.25) is 0 Å². The van der Waals surface area contributed by atoms with Gasteiger partial charge in [0, 0.05) is 5.02 Å².